The van der Waals surface area contributed by atoms with Gasteiger partial charge in [-0.3, -0.25) is 9.59 Å². The molecule has 6 heteroatoms. The number of hydrogen-bond donors (Lipinski definition) is 2. The van der Waals surface area contributed by atoms with Crippen LogP contribution in [0.1, 0.15) is 13.8 Å². The topological polar surface area (TPSA) is 84.9 Å². The lowest BCUT2D eigenvalue weighted by molar-refractivity contribution is -0.153. The van der Waals surface area contributed by atoms with Crippen molar-refractivity contribution in [1.82, 2.24) is 5.32 Å². The molecule has 0 heterocycles. The lowest BCUT2D eigenvalue weighted by Crippen LogP contribution is -2.43. The monoisotopic (exact) mass is 233 g/mol. The Kier molecular flexibility index (Phi) is 6.67. The molecule has 0 radical (unpaired) electrons. The summed E-state index contributed by atoms with van der Waals surface area (Å²) in [6, 6.07) is 0. The molecule has 0 aliphatic rings. The van der Waals surface area contributed by atoms with Gasteiger partial charge in [-0.25, -0.2) is 0 Å². The minimum atomic E-state index is -1.41. The second kappa shape index (κ2) is 7.19. The number of amides is 1. The summed E-state index contributed by atoms with van der Waals surface area (Å²) in [5.74, 6) is -1.67. The van der Waals surface area contributed by atoms with E-state index in [2.05, 4.69) is 5.32 Å². The van der Waals surface area contributed by atoms with E-state index in [4.69, 9.17) is 14.6 Å². The van der Waals surface area contributed by atoms with Crippen molar-refractivity contribution in [1.29, 1.82) is 0 Å². The molecule has 94 valence electrons. The molecule has 0 aromatic carbocycles. The summed E-state index contributed by atoms with van der Waals surface area (Å²) in [5, 5.41) is 11.3. The molecular weight excluding hydrogens is 214 g/mol. The van der Waals surface area contributed by atoms with Gasteiger partial charge in [0.2, 0.25) is 5.91 Å². The standard InChI is InChI=1S/C10H19NO5/c1-10(2,9(13)14)8(12)11-4-5-16-7-6-15-3/h4-7H2,1-3H3,(H,11,12)(H,13,14). The second-order valence-corrected chi connectivity index (χ2v) is 3.79. The van der Waals surface area contributed by atoms with Gasteiger partial charge in [0.1, 0.15) is 5.41 Å². The molecule has 16 heavy (non-hydrogen) atoms. The molecular formula is C10H19NO5. The van der Waals surface area contributed by atoms with Crippen LogP contribution in [0, 0.1) is 5.41 Å². The summed E-state index contributed by atoms with van der Waals surface area (Å²) in [6.07, 6.45) is 0. The predicted octanol–water partition coefficient (Wildman–Crippen LogP) is -0.124. The van der Waals surface area contributed by atoms with Gasteiger partial charge in [-0.2, -0.15) is 0 Å². The summed E-state index contributed by atoms with van der Waals surface area (Å²) in [5.41, 5.74) is -1.41. The molecule has 0 saturated heterocycles. The average molecular weight is 233 g/mol. The van der Waals surface area contributed by atoms with E-state index in [1.807, 2.05) is 0 Å². The van der Waals surface area contributed by atoms with Gasteiger partial charge in [0.05, 0.1) is 19.8 Å². The second-order valence-electron chi connectivity index (χ2n) is 3.79. The molecule has 2 N–H and O–H groups in total. The van der Waals surface area contributed by atoms with Crippen LogP contribution in [-0.4, -0.2) is 50.5 Å². The van der Waals surface area contributed by atoms with E-state index < -0.39 is 17.3 Å². The van der Waals surface area contributed by atoms with Gasteiger partial charge in [-0.05, 0) is 13.8 Å². The maximum absolute atomic E-state index is 11.4. The summed E-state index contributed by atoms with van der Waals surface area (Å²) in [6.45, 7) is 4.29. The largest absolute Gasteiger partial charge is 0.480 e. The fourth-order valence-electron chi connectivity index (χ4n) is 0.799. The van der Waals surface area contributed by atoms with E-state index in [0.717, 1.165) is 0 Å². The Bertz CT molecular complexity index is 239. The van der Waals surface area contributed by atoms with Crippen molar-refractivity contribution in [2.75, 3.05) is 33.5 Å². The van der Waals surface area contributed by atoms with Crippen molar-refractivity contribution in [3.63, 3.8) is 0 Å². The number of carboxylic acids is 1. The zero-order valence-electron chi connectivity index (χ0n) is 9.91. The van der Waals surface area contributed by atoms with Crippen LogP contribution in [-0.2, 0) is 19.1 Å². The van der Waals surface area contributed by atoms with Crippen LogP contribution in [0.5, 0.6) is 0 Å². The first-order chi connectivity index (χ1) is 7.42. The zero-order chi connectivity index (χ0) is 12.6. The smallest absolute Gasteiger partial charge is 0.318 e. The fraction of sp³-hybridized carbons (Fsp3) is 0.800. The van der Waals surface area contributed by atoms with Gasteiger partial charge in [0, 0.05) is 13.7 Å². The first-order valence-electron chi connectivity index (χ1n) is 5.01. The van der Waals surface area contributed by atoms with Gasteiger partial charge < -0.3 is 19.9 Å². The number of ether oxygens (including phenoxy) is 2. The summed E-state index contributed by atoms with van der Waals surface area (Å²) >= 11 is 0. The zero-order valence-corrected chi connectivity index (χ0v) is 9.91. The maximum Gasteiger partial charge on any atom is 0.318 e. The Labute approximate surface area is 94.9 Å². The van der Waals surface area contributed by atoms with Crippen LogP contribution in [0.15, 0.2) is 0 Å². The molecule has 0 aromatic heterocycles. The molecule has 0 aromatic rings. The third-order valence-electron chi connectivity index (χ3n) is 2.07. The predicted molar refractivity (Wildman–Crippen MR) is 57.1 cm³/mol. The molecule has 1 amide bonds. The van der Waals surface area contributed by atoms with E-state index >= 15 is 0 Å². The van der Waals surface area contributed by atoms with Crippen molar-refractivity contribution in [3.05, 3.63) is 0 Å². The number of rotatable bonds is 8. The molecule has 0 unspecified atom stereocenters. The van der Waals surface area contributed by atoms with E-state index in [0.29, 0.717) is 26.4 Å². The molecule has 0 aliphatic heterocycles. The molecule has 6 nitrogen and oxygen atoms in total. The highest BCUT2D eigenvalue weighted by atomic mass is 16.5. The van der Waals surface area contributed by atoms with Crippen LogP contribution in [0.3, 0.4) is 0 Å². The summed E-state index contributed by atoms with van der Waals surface area (Å²) in [7, 11) is 1.57. The average Bonchev–Trinajstić information content (AvgIpc) is 2.22. The summed E-state index contributed by atoms with van der Waals surface area (Å²) < 4.78 is 9.88. The number of hydrogen-bond acceptors (Lipinski definition) is 4. The number of carbonyl (C=O) groups excluding carboxylic acids is 1. The number of carbonyl (C=O) groups is 2. The highest BCUT2D eigenvalue weighted by Crippen LogP contribution is 2.14. The number of aliphatic carboxylic acids is 1. The van der Waals surface area contributed by atoms with Gasteiger partial charge in [-0.1, -0.05) is 0 Å². The van der Waals surface area contributed by atoms with E-state index in [1.165, 1.54) is 13.8 Å². The minimum absolute atomic E-state index is 0.291. The van der Waals surface area contributed by atoms with Gasteiger partial charge in [-0.15, -0.1) is 0 Å². The van der Waals surface area contributed by atoms with Crippen molar-refractivity contribution in [2.24, 2.45) is 5.41 Å². The van der Waals surface area contributed by atoms with Crippen molar-refractivity contribution in [3.8, 4) is 0 Å². The van der Waals surface area contributed by atoms with Crippen LogP contribution < -0.4 is 5.32 Å². The normalized spacial score (nSPS) is 11.2. The highest BCUT2D eigenvalue weighted by molar-refractivity contribution is 6.00. The Hall–Kier alpha value is -1.14. The maximum atomic E-state index is 11.4. The van der Waals surface area contributed by atoms with Crippen molar-refractivity contribution in [2.45, 2.75) is 13.8 Å². The molecule has 0 fully saturated rings. The third-order valence-corrected chi connectivity index (χ3v) is 2.07. The van der Waals surface area contributed by atoms with Gasteiger partial charge >= 0.3 is 5.97 Å². The number of carboxylic acid groups (broad SMARTS) is 1. The van der Waals surface area contributed by atoms with Gasteiger partial charge in [0.15, 0.2) is 0 Å². The number of nitrogens with one attached hydrogen (secondary N) is 1. The number of methoxy groups -OCH3 is 1. The first kappa shape index (κ1) is 14.9. The summed E-state index contributed by atoms with van der Waals surface area (Å²) in [4.78, 5) is 22.2. The molecule has 0 atom stereocenters. The van der Waals surface area contributed by atoms with Crippen molar-refractivity contribution >= 4 is 11.9 Å². The Morgan fingerprint density at radius 1 is 1.25 bits per heavy atom. The van der Waals surface area contributed by atoms with Crippen LogP contribution in [0.25, 0.3) is 0 Å². The molecule has 0 spiro atoms. The Morgan fingerprint density at radius 3 is 2.38 bits per heavy atom. The minimum Gasteiger partial charge on any atom is -0.480 e. The lowest BCUT2D eigenvalue weighted by Gasteiger charge is -2.18. The molecule has 0 aliphatic carbocycles. The molecule has 0 saturated carbocycles. The molecule has 0 bridgehead atoms. The van der Waals surface area contributed by atoms with Crippen LogP contribution >= 0.6 is 0 Å². The van der Waals surface area contributed by atoms with Crippen LogP contribution in [0.4, 0.5) is 0 Å². The van der Waals surface area contributed by atoms with Crippen molar-refractivity contribution < 1.29 is 24.2 Å². The fourth-order valence-corrected chi connectivity index (χ4v) is 0.799. The Balaban J connectivity index is 3.70. The van der Waals surface area contributed by atoms with E-state index in [1.54, 1.807) is 7.11 Å². The third kappa shape index (κ3) is 5.09. The van der Waals surface area contributed by atoms with E-state index in [-0.39, 0.29) is 0 Å². The quantitative estimate of drug-likeness (QED) is 0.451. The Morgan fingerprint density at radius 2 is 1.88 bits per heavy atom. The van der Waals surface area contributed by atoms with E-state index in [9.17, 15) is 9.59 Å². The van der Waals surface area contributed by atoms with Gasteiger partial charge in [0.25, 0.3) is 0 Å². The lowest BCUT2D eigenvalue weighted by atomic mass is 9.93. The van der Waals surface area contributed by atoms with Crippen LogP contribution in [0.2, 0.25) is 0 Å². The molecule has 0 rings (SSSR count). The highest BCUT2D eigenvalue weighted by Gasteiger charge is 2.35. The first-order valence-corrected chi connectivity index (χ1v) is 5.01. The SMILES string of the molecule is COCCOCCNC(=O)C(C)(C)C(=O)O.